The van der Waals surface area contributed by atoms with Gasteiger partial charge in [-0.15, -0.1) is 0 Å². The number of rotatable bonds is 3. The van der Waals surface area contributed by atoms with Gasteiger partial charge in [0.15, 0.2) is 0 Å². The summed E-state index contributed by atoms with van der Waals surface area (Å²) in [5.74, 6) is 1.55. The first kappa shape index (κ1) is 24.5. The van der Waals surface area contributed by atoms with E-state index in [1.54, 1.807) is 12.1 Å². The van der Waals surface area contributed by atoms with E-state index in [2.05, 4.69) is 15.2 Å². The number of nitrogens with zero attached hydrogens (tertiary/aromatic N) is 1. The molecule has 6 nitrogen and oxygen atoms in total. The highest BCUT2D eigenvalue weighted by Crippen LogP contribution is 2.34. The Hall–Kier alpha value is -3.24. The first-order valence-corrected chi connectivity index (χ1v) is 12.7. The van der Waals surface area contributed by atoms with Crippen molar-refractivity contribution in [2.24, 2.45) is 0 Å². The Morgan fingerprint density at radius 3 is 2.69 bits per heavy atom. The second-order valence-electron chi connectivity index (χ2n) is 8.72. The summed E-state index contributed by atoms with van der Waals surface area (Å²) < 4.78 is 44.8. The number of carbonyl (C=O) groups excluding carboxylic acids is 1. The van der Waals surface area contributed by atoms with E-state index in [1.807, 2.05) is 23.9 Å². The van der Waals surface area contributed by atoms with Gasteiger partial charge in [-0.05, 0) is 53.5 Å². The van der Waals surface area contributed by atoms with Crippen molar-refractivity contribution in [3.05, 3.63) is 75.6 Å². The van der Waals surface area contributed by atoms with Gasteiger partial charge in [0.1, 0.15) is 5.69 Å². The first-order chi connectivity index (χ1) is 17.3. The number of fused-ring (bicyclic) bond motifs is 2. The number of hydrogen-bond acceptors (Lipinski definition) is 5. The van der Waals surface area contributed by atoms with Crippen LogP contribution in [0.15, 0.2) is 53.3 Å². The van der Waals surface area contributed by atoms with E-state index in [0.29, 0.717) is 46.6 Å². The Kier molecular flexibility index (Phi) is 6.81. The molecule has 5 rings (SSSR count). The van der Waals surface area contributed by atoms with Crippen molar-refractivity contribution in [2.45, 2.75) is 19.2 Å². The van der Waals surface area contributed by atoms with Crippen LogP contribution in [0.4, 0.5) is 24.5 Å². The second-order valence-corrected chi connectivity index (χ2v) is 9.94. The molecule has 10 heteroatoms. The fourth-order valence-corrected chi connectivity index (χ4v) is 5.40. The second kappa shape index (κ2) is 10.0. The summed E-state index contributed by atoms with van der Waals surface area (Å²) in [5.41, 5.74) is 2.40. The zero-order valence-electron chi connectivity index (χ0n) is 19.3. The number of ether oxygens (including phenoxy) is 1. The molecule has 1 fully saturated rings. The van der Waals surface area contributed by atoms with Gasteiger partial charge in [-0.25, -0.2) is 0 Å². The maximum atomic E-state index is 13.1. The van der Waals surface area contributed by atoms with Crippen LogP contribution >= 0.6 is 11.8 Å². The SMILES string of the molecule is O=C(/C=C1\CCOCc2cc(C(F)(F)F)ccc21)Nc1ccc2cc(N3CCSCC3)c(=O)[nH]c2c1. The molecular formula is C26H24F3N3O3S. The van der Waals surface area contributed by atoms with Crippen molar-refractivity contribution in [1.82, 2.24) is 4.98 Å². The van der Waals surface area contributed by atoms with Gasteiger partial charge in [-0.2, -0.15) is 24.9 Å². The molecule has 1 saturated heterocycles. The van der Waals surface area contributed by atoms with E-state index < -0.39 is 17.6 Å². The molecule has 2 N–H and O–H groups in total. The summed E-state index contributed by atoms with van der Waals surface area (Å²) in [5, 5.41) is 3.65. The minimum atomic E-state index is -4.45. The monoisotopic (exact) mass is 515 g/mol. The van der Waals surface area contributed by atoms with E-state index in [0.717, 1.165) is 42.1 Å². The number of H-pyrrole nitrogens is 1. The van der Waals surface area contributed by atoms with Crippen molar-refractivity contribution < 1.29 is 22.7 Å². The summed E-state index contributed by atoms with van der Waals surface area (Å²) in [6, 6.07) is 10.6. The molecule has 0 unspecified atom stereocenters. The molecule has 0 atom stereocenters. The molecule has 3 heterocycles. The third-order valence-corrected chi connectivity index (χ3v) is 7.25. The first-order valence-electron chi connectivity index (χ1n) is 11.6. The van der Waals surface area contributed by atoms with Crippen molar-refractivity contribution >= 4 is 45.5 Å². The fraction of sp³-hybridized carbons (Fsp3) is 0.308. The number of anilines is 2. The highest BCUT2D eigenvalue weighted by Gasteiger charge is 2.31. The molecule has 0 radical (unpaired) electrons. The molecule has 1 amide bonds. The number of nitrogens with one attached hydrogen (secondary N) is 2. The molecular weight excluding hydrogens is 491 g/mol. The number of pyridine rings is 1. The van der Waals surface area contributed by atoms with E-state index >= 15 is 0 Å². The summed E-state index contributed by atoms with van der Waals surface area (Å²) in [4.78, 5) is 30.5. The van der Waals surface area contributed by atoms with Crippen LogP contribution < -0.4 is 15.8 Å². The molecule has 2 aliphatic heterocycles. The highest BCUT2D eigenvalue weighted by atomic mass is 32.2. The quantitative estimate of drug-likeness (QED) is 0.478. The van der Waals surface area contributed by atoms with Gasteiger partial charge in [0.05, 0.1) is 24.3 Å². The number of hydrogen-bond donors (Lipinski definition) is 2. The Morgan fingerprint density at radius 2 is 1.92 bits per heavy atom. The zero-order valence-corrected chi connectivity index (χ0v) is 20.1. The van der Waals surface area contributed by atoms with Crippen molar-refractivity contribution in [2.75, 3.05) is 41.4 Å². The Morgan fingerprint density at radius 1 is 1.11 bits per heavy atom. The minimum Gasteiger partial charge on any atom is -0.376 e. The average molecular weight is 516 g/mol. The van der Waals surface area contributed by atoms with Crippen LogP contribution in [0.3, 0.4) is 0 Å². The van der Waals surface area contributed by atoms with Crippen LogP contribution in [0.2, 0.25) is 0 Å². The van der Waals surface area contributed by atoms with Crippen molar-refractivity contribution in [3.8, 4) is 0 Å². The fourth-order valence-electron chi connectivity index (χ4n) is 4.49. The average Bonchev–Trinajstić information content (AvgIpc) is 3.05. The molecule has 0 spiro atoms. The number of aromatic amines is 1. The Labute approximate surface area is 209 Å². The summed E-state index contributed by atoms with van der Waals surface area (Å²) in [6.07, 6.45) is -2.66. The van der Waals surface area contributed by atoms with Gasteiger partial charge < -0.3 is 19.9 Å². The van der Waals surface area contributed by atoms with Crippen LogP contribution in [0.1, 0.15) is 23.1 Å². The van der Waals surface area contributed by atoms with Crippen LogP contribution in [0.5, 0.6) is 0 Å². The Bertz CT molecular complexity index is 1390. The lowest BCUT2D eigenvalue weighted by molar-refractivity contribution is -0.137. The topological polar surface area (TPSA) is 74.4 Å². The van der Waals surface area contributed by atoms with E-state index in [9.17, 15) is 22.8 Å². The normalized spacial score (nSPS) is 17.6. The summed E-state index contributed by atoms with van der Waals surface area (Å²) in [7, 11) is 0. The molecule has 0 bridgehead atoms. The number of alkyl halides is 3. The number of amides is 1. The van der Waals surface area contributed by atoms with Gasteiger partial charge in [0.25, 0.3) is 5.56 Å². The number of thioether (sulfide) groups is 1. The third kappa shape index (κ3) is 5.29. The molecule has 3 aromatic rings. The summed E-state index contributed by atoms with van der Waals surface area (Å²) in [6.45, 7) is 2.00. The van der Waals surface area contributed by atoms with Gasteiger partial charge in [-0.3, -0.25) is 9.59 Å². The van der Waals surface area contributed by atoms with Gasteiger partial charge in [0, 0.05) is 41.7 Å². The number of aromatic nitrogens is 1. The van der Waals surface area contributed by atoms with E-state index in [-0.39, 0.29) is 12.2 Å². The standard InChI is InChI=1S/C26H24F3N3O3S/c27-26(28,29)19-2-4-21-16(5-8-35-15-18(21)11-19)13-24(33)30-20-3-1-17-12-23(25(34)31-22(17)14-20)32-6-9-36-10-7-32/h1-4,11-14H,5-10,15H2,(H,30,33)(H,31,34)/b16-13+. The zero-order chi connectivity index (χ0) is 25.3. The molecule has 2 aromatic carbocycles. The smallest absolute Gasteiger partial charge is 0.376 e. The van der Waals surface area contributed by atoms with Gasteiger partial charge >= 0.3 is 6.18 Å². The third-order valence-electron chi connectivity index (χ3n) is 6.30. The van der Waals surface area contributed by atoms with Crippen LogP contribution in [0.25, 0.3) is 16.5 Å². The predicted octanol–water partition coefficient (Wildman–Crippen LogP) is 5.04. The lowest BCUT2D eigenvalue weighted by atomic mass is 9.96. The molecule has 0 aliphatic carbocycles. The van der Waals surface area contributed by atoms with Crippen LogP contribution in [-0.4, -0.2) is 42.1 Å². The molecule has 188 valence electrons. The van der Waals surface area contributed by atoms with E-state index in [4.69, 9.17) is 4.74 Å². The van der Waals surface area contributed by atoms with Crippen LogP contribution in [-0.2, 0) is 22.3 Å². The maximum Gasteiger partial charge on any atom is 0.416 e. The van der Waals surface area contributed by atoms with Crippen molar-refractivity contribution in [1.29, 1.82) is 0 Å². The highest BCUT2D eigenvalue weighted by molar-refractivity contribution is 7.99. The summed E-state index contributed by atoms with van der Waals surface area (Å²) >= 11 is 1.87. The van der Waals surface area contributed by atoms with Crippen molar-refractivity contribution in [3.63, 3.8) is 0 Å². The Balaban J connectivity index is 1.37. The van der Waals surface area contributed by atoms with Crippen LogP contribution in [0, 0.1) is 0 Å². The number of carbonyl (C=O) groups is 1. The largest absolute Gasteiger partial charge is 0.416 e. The van der Waals surface area contributed by atoms with Gasteiger partial charge in [0.2, 0.25) is 5.91 Å². The minimum absolute atomic E-state index is 0.0501. The maximum absolute atomic E-state index is 13.1. The lowest BCUT2D eigenvalue weighted by Crippen LogP contribution is -2.36. The molecule has 0 saturated carbocycles. The molecule has 1 aromatic heterocycles. The molecule has 36 heavy (non-hydrogen) atoms. The lowest BCUT2D eigenvalue weighted by Gasteiger charge is -2.27. The molecule has 2 aliphatic rings. The predicted molar refractivity (Wildman–Crippen MR) is 136 cm³/mol. The number of benzene rings is 2. The van der Waals surface area contributed by atoms with E-state index in [1.165, 1.54) is 12.1 Å². The number of halogens is 3. The van der Waals surface area contributed by atoms with Gasteiger partial charge in [-0.1, -0.05) is 12.1 Å².